The van der Waals surface area contributed by atoms with E-state index < -0.39 is 12.0 Å². The molecule has 6 nitrogen and oxygen atoms in total. The number of likely N-dealkylation sites (N-methyl/N-ethyl adjacent to an activating group) is 1. The summed E-state index contributed by atoms with van der Waals surface area (Å²) in [6.07, 6.45) is -0.621. The Balaban J connectivity index is 2.29. The summed E-state index contributed by atoms with van der Waals surface area (Å²) < 4.78 is 5.68. The van der Waals surface area contributed by atoms with E-state index in [1.54, 1.807) is 25.1 Å². The smallest absolute Gasteiger partial charge is 0.265 e. The highest BCUT2D eigenvalue weighted by Crippen LogP contribution is 2.32. The van der Waals surface area contributed by atoms with Crippen LogP contribution in [0.25, 0.3) is 0 Å². The SMILES string of the molecule is CN(C)C(=O)C1CN(CC(N)=O)c2ccccc2O1. The van der Waals surface area contributed by atoms with E-state index in [0.29, 0.717) is 12.3 Å². The maximum atomic E-state index is 12.0. The highest BCUT2D eigenvalue weighted by Gasteiger charge is 2.31. The Bertz CT molecular complexity index is 502. The molecular formula is C13H17N3O3. The normalized spacial score (nSPS) is 17.4. The Hall–Kier alpha value is -2.24. The van der Waals surface area contributed by atoms with Gasteiger partial charge in [-0.15, -0.1) is 0 Å². The third kappa shape index (κ3) is 2.78. The highest BCUT2D eigenvalue weighted by atomic mass is 16.5. The summed E-state index contributed by atoms with van der Waals surface area (Å²) in [5, 5.41) is 0. The van der Waals surface area contributed by atoms with E-state index in [2.05, 4.69) is 0 Å². The molecule has 19 heavy (non-hydrogen) atoms. The Morgan fingerprint density at radius 3 is 2.74 bits per heavy atom. The van der Waals surface area contributed by atoms with E-state index in [9.17, 15) is 9.59 Å². The number of nitrogens with two attached hydrogens (primary N) is 1. The van der Waals surface area contributed by atoms with E-state index in [1.807, 2.05) is 18.2 Å². The summed E-state index contributed by atoms with van der Waals surface area (Å²) in [7, 11) is 3.34. The zero-order valence-electron chi connectivity index (χ0n) is 11.0. The molecule has 2 amide bonds. The van der Waals surface area contributed by atoms with E-state index in [4.69, 9.17) is 10.5 Å². The van der Waals surface area contributed by atoms with Crippen molar-refractivity contribution in [2.24, 2.45) is 5.73 Å². The molecule has 2 N–H and O–H groups in total. The van der Waals surface area contributed by atoms with Crippen molar-refractivity contribution < 1.29 is 14.3 Å². The van der Waals surface area contributed by atoms with Crippen molar-refractivity contribution in [3.63, 3.8) is 0 Å². The average Bonchev–Trinajstić information content (AvgIpc) is 2.37. The van der Waals surface area contributed by atoms with Gasteiger partial charge in [0.1, 0.15) is 5.75 Å². The van der Waals surface area contributed by atoms with Crippen molar-refractivity contribution in [3.8, 4) is 5.75 Å². The molecule has 1 aliphatic rings. The minimum atomic E-state index is -0.621. The average molecular weight is 263 g/mol. The molecule has 1 aromatic rings. The maximum absolute atomic E-state index is 12.0. The van der Waals surface area contributed by atoms with Crippen molar-refractivity contribution >= 4 is 17.5 Å². The van der Waals surface area contributed by atoms with Crippen LogP contribution in [-0.4, -0.2) is 50.0 Å². The van der Waals surface area contributed by atoms with Crippen LogP contribution in [0.3, 0.4) is 0 Å². The monoisotopic (exact) mass is 263 g/mol. The van der Waals surface area contributed by atoms with Crippen molar-refractivity contribution in [2.45, 2.75) is 6.10 Å². The van der Waals surface area contributed by atoms with Gasteiger partial charge in [-0.1, -0.05) is 12.1 Å². The zero-order chi connectivity index (χ0) is 14.0. The quantitative estimate of drug-likeness (QED) is 0.821. The second-order valence-corrected chi connectivity index (χ2v) is 4.65. The Morgan fingerprint density at radius 1 is 1.42 bits per heavy atom. The number of rotatable bonds is 3. The molecule has 1 heterocycles. The molecule has 0 aliphatic carbocycles. The Labute approximate surface area is 111 Å². The van der Waals surface area contributed by atoms with Crippen LogP contribution in [0.15, 0.2) is 24.3 Å². The molecule has 2 rings (SSSR count). The van der Waals surface area contributed by atoms with Crippen LogP contribution in [0, 0.1) is 0 Å². The molecule has 1 aromatic carbocycles. The molecule has 0 aromatic heterocycles. The van der Waals surface area contributed by atoms with Gasteiger partial charge >= 0.3 is 0 Å². The minimum absolute atomic E-state index is 0.0670. The van der Waals surface area contributed by atoms with E-state index >= 15 is 0 Å². The van der Waals surface area contributed by atoms with Crippen molar-refractivity contribution in [3.05, 3.63) is 24.3 Å². The van der Waals surface area contributed by atoms with Crippen LogP contribution in [0.2, 0.25) is 0 Å². The number of fused-ring (bicyclic) bond motifs is 1. The Morgan fingerprint density at radius 2 is 2.11 bits per heavy atom. The van der Waals surface area contributed by atoms with Crippen molar-refractivity contribution in [2.75, 3.05) is 32.1 Å². The fraction of sp³-hybridized carbons (Fsp3) is 0.385. The van der Waals surface area contributed by atoms with Gasteiger partial charge in [0.05, 0.1) is 18.8 Å². The number of nitrogens with zero attached hydrogens (tertiary/aromatic N) is 2. The number of hydrogen-bond acceptors (Lipinski definition) is 4. The van der Waals surface area contributed by atoms with Gasteiger partial charge in [0.25, 0.3) is 5.91 Å². The van der Waals surface area contributed by atoms with Crippen LogP contribution in [0.4, 0.5) is 5.69 Å². The first kappa shape index (κ1) is 13.2. The van der Waals surface area contributed by atoms with Crippen LogP contribution in [0.1, 0.15) is 0 Å². The highest BCUT2D eigenvalue weighted by molar-refractivity contribution is 5.85. The first-order valence-corrected chi connectivity index (χ1v) is 5.99. The van der Waals surface area contributed by atoms with Gasteiger partial charge in [0.2, 0.25) is 5.91 Å². The molecule has 0 spiro atoms. The molecule has 102 valence electrons. The minimum Gasteiger partial charge on any atom is -0.477 e. The van der Waals surface area contributed by atoms with Crippen LogP contribution < -0.4 is 15.4 Å². The molecule has 1 unspecified atom stereocenters. The molecule has 0 bridgehead atoms. The summed E-state index contributed by atoms with van der Waals surface area (Å²) in [4.78, 5) is 26.4. The third-order valence-electron chi connectivity index (χ3n) is 2.92. The van der Waals surface area contributed by atoms with Gasteiger partial charge in [-0.25, -0.2) is 0 Å². The summed E-state index contributed by atoms with van der Waals surface area (Å²) in [6.45, 7) is 0.383. The number of anilines is 1. The molecule has 0 radical (unpaired) electrons. The van der Waals surface area contributed by atoms with Gasteiger partial charge in [0.15, 0.2) is 6.10 Å². The first-order valence-electron chi connectivity index (χ1n) is 5.99. The molecule has 0 fully saturated rings. The number of amides is 2. The fourth-order valence-corrected chi connectivity index (χ4v) is 2.06. The van der Waals surface area contributed by atoms with Gasteiger partial charge in [-0.3, -0.25) is 9.59 Å². The predicted molar refractivity (Wildman–Crippen MR) is 71.0 cm³/mol. The summed E-state index contributed by atoms with van der Waals surface area (Å²) >= 11 is 0. The first-order chi connectivity index (χ1) is 8.99. The van der Waals surface area contributed by atoms with Crippen LogP contribution in [-0.2, 0) is 9.59 Å². The fourth-order valence-electron chi connectivity index (χ4n) is 2.06. The number of carbonyl (C=O) groups excluding carboxylic acids is 2. The van der Waals surface area contributed by atoms with Crippen molar-refractivity contribution in [1.82, 2.24) is 4.90 Å². The maximum Gasteiger partial charge on any atom is 0.265 e. The number of hydrogen-bond donors (Lipinski definition) is 1. The van der Waals surface area contributed by atoms with E-state index in [1.165, 1.54) is 4.90 Å². The topological polar surface area (TPSA) is 75.9 Å². The lowest BCUT2D eigenvalue weighted by Gasteiger charge is -2.35. The van der Waals surface area contributed by atoms with Gasteiger partial charge in [-0.05, 0) is 12.1 Å². The second kappa shape index (κ2) is 5.17. The van der Waals surface area contributed by atoms with Gasteiger partial charge in [-0.2, -0.15) is 0 Å². The lowest BCUT2D eigenvalue weighted by atomic mass is 10.1. The van der Waals surface area contributed by atoms with Gasteiger partial charge < -0.3 is 20.3 Å². The number of para-hydroxylation sites is 2. The largest absolute Gasteiger partial charge is 0.477 e. The molecule has 0 saturated carbocycles. The van der Waals surface area contributed by atoms with E-state index in [-0.39, 0.29) is 12.5 Å². The second-order valence-electron chi connectivity index (χ2n) is 4.65. The number of primary amides is 1. The lowest BCUT2D eigenvalue weighted by molar-refractivity contribution is -0.136. The standard InChI is InChI=1S/C13H17N3O3/c1-15(2)13(18)11-7-16(8-12(14)17)9-5-3-4-6-10(9)19-11/h3-6,11H,7-8H2,1-2H3,(H2,14,17). The van der Waals surface area contributed by atoms with Crippen LogP contribution >= 0.6 is 0 Å². The lowest BCUT2D eigenvalue weighted by Crippen LogP contribution is -2.50. The number of ether oxygens (including phenoxy) is 1. The molecule has 0 saturated heterocycles. The molecule has 1 atom stereocenters. The number of carbonyl (C=O) groups is 2. The summed E-state index contributed by atoms with van der Waals surface area (Å²) in [6, 6.07) is 7.29. The van der Waals surface area contributed by atoms with Gasteiger partial charge in [0, 0.05) is 14.1 Å². The van der Waals surface area contributed by atoms with E-state index in [0.717, 1.165) is 5.69 Å². The summed E-state index contributed by atoms with van der Waals surface area (Å²) in [5.41, 5.74) is 6.03. The third-order valence-corrected chi connectivity index (χ3v) is 2.92. The molecule has 1 aliphatic heterocycles. The van der Waals surface area contributed by atoms with Crippen LogP contribution in [0.5, 0.6) is 5.75 Å². The summed E-state index contributed by atoms with van der Waals surface area (Å²) in [5.74, 6) is 0.0203. The molecular weight excluding hydrogens is 246 g/mol. The predicted octanol–water partition coefficient (Wildman–Crippen LogP) is -0.172. The molecule has 6 heteroatoms. The zero-order valence-corrected chi connectivity index (χ0v) is 11.0. The number of benzene rings is 1. The Kier molecular flexibility index (Phi) is 3.59. The van der Waals surface area contributed by atoms with Crippen molar-refractivity contribution in [1.29, 1.82) is 0 Å².